The minimum Gasteiger partial charge on any atom is -0.369 e. The zero-order valence-electron chi connectivity index (χ0n) is 22.2. The van der Waals surface area contributed by atoms with Gasteiger partial charge >= 0.3 is 15.6 Å². The molecule has 3 saturated heterocycles. The first-order valence-electron chi connectivity index (χ1n) is 12.9. The van der Waals surface area contributed by atoms with Crippen molar-refractivity contribution < 1.29 is 46.5 Å². The highest BCUT2D eigenvalue weighted by molar-refractivity contribution is 7.47. The second-order valence-electron chi connectivity index (χ2n) is 10.1. The Labute approximate surface area is 243 Å². The van der Waals surface area contributed by atoms with Crippen LogP contribution in [0.25, 0.3) is 22.3 Å². The number of phosphoric ester groups is 2. The third-order valence-corrected chi connectivity index (χ3v) is 9.25. The Morgan fingerprint density at radius 1 is 0.750 bits per heavy atom. The van der Waals surface area contributed by atoms with Gasteiger partial charge in [0.15, 0.2) is 22.3 Å². The lowest BCUT2D eigenvalue weighted by Crippen LogP contribution is -2.32. The Balaban J connectivity index is 1.13. The smallest absolute Gasteiger partial charge is 0.369 e. The molecule has 0 aliphatic carbocycles. The molecule has 0 aromatic carbocycles. The molecule has 0 bridgehead atoms. The van der Waals surface area contributed by atoms with Gasteiger partial charge in [-0.25, -0.2) is 19.1 Å². The molecule has 4 aromatic rings. The van der Waals surface area contributed by atoms with Crippen LogP contribution in [-0.4, -0.2) is 86.5 Å². The van der Waals surface area contributed by atoms with Crippen molar-refractivity contribution in [1.29, 1.82) is 0 Å². The number of nitrogens with zero attached hydrogens (tertiary/aromatic N) is 6. The maximum Gasteiger partial charge on any atom is 0.472 e. The first-order chi connectivity index (χ1) is 20.9. The van der Waals surface area contributed by atoms with E-state index in [9.17, 15) is 28.5 Å². The fraction of sp³-hybridized carbons (Fsp3) is 0.500. The summed E-state index contributed by atoms with van der Waals surface area (Å²) in [5.74, 6) is -0.351. The fourth-order valence-corrected chi connectivity index (χ4v) is 7.23. The van der Waals surface area contributed by atoms with Gasteiger partial charge in [0, 0.05) is 12.8 Å². The van der Waals surface area contributed by atoms with E-state index in [1.807, 2.05) is 0 Å². The second kappa shape index (κ2) is 10.5. The third-order valence-electron chi connectivity index (χ3n) is 7.22. The number of fused-ring (bicyclic) bond motifs is 4. The van der Waals surface area contributed by atoms with E-state index in [1.54, 1.807) is 0 Å². The van der Waals surface area contributed by atoms with Gasteiger partial charge in [0.2, 0.25) is 11.9 Å². The number of hydrogen-bond acceptors (Lipinski definition) is 16. The number of nitrogens with one attached hydrogen (secondary N) is 2. The highest BCUT2D eigenvalue weighted by Crippen LogP contribution is 2.53. The summed E-state index contributed by atoms with van der Waals surface area (Å²) < 4.78 is 61.9. The van der Waals surface area contributed by atoms with E-state index >= 15 is 0 Å². The van der Waals surface area contributed by atoms with E-state index in [2.05, 4.69) is 29.9 Å². The molecule has 24 heteroatoms. The number of nitrogen functional groups attached to an aromatic ring is 2. The van der Waals surface area contributed by atoms with Gasteiger partial charge in [0.05, 0.1) is 25.9 Å². The molecular formula is C20H24N10O12P2. The van der Waals surface area contributed by atoms with Crippen molar-refractivity contribution >= 4 is 49.9 Å². The van der Waals surface area contributed by atoms with Crippen molar-refractivity contribution in [3.63, 3.8) is 0 Å². The fourth-order valence-electron chi connectivity index (χ4n) is 5.31. The van der Waals surface area contributed by atoms with Gasteiger partial charge in [-0.05, 0) is 0 Å². The molecule has 2 unspecified atom stereocenters. The SMILES string of the molecule is Nc1nc2c(ncn2[C@H]2C[C@H]3OP(=O)(O)OC[C@H]4O[C@@H](n5cnc6c(=O)[nH]c(N)nc65)C[C@H]4OP(=O)(O)OC[C@@H]3O2)c(=O)[nH]1. The molecule has 44 heavy (non-hydrogen) atoms. The highest BCUT2D eigenvalue weighted by Gasteiger charge is 2.47. The monoisotopic (exact) mass is 658 g/mol. The number of aromatic amines is 2. The van der Waals surface area contributed by atoms with Gasteiger partial charge in [0.1, 0.15) is 36.9 Å². The molecule has 8 N–H and O–H groups in total. The molecule has 7 rings (SSSR count). The maximum absolute atomic E-state index is 13.0. The molecule has 0 radical (unpaired) electrons. The average Bonchev–Trinajstić information content (AvgIpc) is 3.70. The van der Waals surface area contributed by atoms with E-state index in [0.29, 0.717) is 0 Å². The van der Waals surface area contributed by atoms with Gasteiger partial charge in [0.25, 0.3) is 11.1 Å². The lowest BCUT2D eigenvalue weighted by atomic mass is 10.2. The van der Waals surface area contributed by atoms with Crippen LogP contribution < -0.4 is 22.6 Å². The molecule has 4 aromatic heterocycles. The van der Waals surface area contributed by atoms with E-state index in [-0.39, 0.29) is 47.1 Å². The molecule has 0 amide bonds. The summed E-state index contributed by atoms with van der Waals surface area (Å²) in [5.41, 5.74) is 10.2. The van der Waals surface area contributed by atoms with Crippen LogP contribution >= 0.6 is 15.6 Å². The second-order valence-corrected chi connectivity index (χ2v) is 12.9. The summed E-state index contributed by atoms with van der Waals surface area (Å²) in [7, 11) is -9.60. The van der Waals surface area contributed by atoms with Gasteiger partial charge in [-0.1, -0.05) is 0 Å². The van der Waals surface area contributed by atoms with Crippen molar-refractivity contribution in [1.82, 2.24) is 39.0 Å². The average molecular weight is 658 g/mol. The number of nitrogens with two attached hydrogens (primary N) is 2. The number of anilines is 2. The zero-order chi connectivity index (χ0) is 31.0. The zero-order valence-corrected chi connectivity index (χ0v) is 23.9. The van der Waals surface area contributed by atoms with Gasteiger partial charge in [-0.15, -0.1) is 0 Å². The van der Waals surface area contributed by atoms with E-state index in [1.165, 1.54) is 21.8 Å². The number of ether oxygens (including phenoxy) is 2. The Bertz CT molecular complexity index is 1840. The quantitative estimate of drug-likeness (QED) is 0.141. The number of H-pyrrole nitrogens is 2. The normalized spacial score (nSPS) is 34.9. The van der Waals surface area contributed by atoms with Crippen LogP contribution in [-0.2, 0) is 36.7 Å². The van der Waals surface area contributed by atoms with Crippen molar-refractivity contribution in [2.75, 3.05) is 24.7 Å². The molecule has 3 fully saturated rings. The predicted molar refractivity (Wildman–Crippen MR) is 143 cm³/mol. The van der Waals surface area contributed by atoms with Crippen LogP contribution in [0.4, 0.5) is 11.9 Å². The minimum atomic E-state index is -4.80. The van der Waals surface area contributed by atoms with Crippen LogP contribution in [0.5, 0.6) is 0 Å². The highest BCUT2D eigenvalue weighted by atomic mass is 31.2. The van der Waals surface area contributed by atoms with Crippen molar-refractivity contribution in [2.45, 2.75) is 49.7 Å². The van der Waals surface area contributed by atoms with Crippen molar-refractivity contribution in [3.8, 4) is 0 Å². The molecule has 3 aliphatic rings. The van der Waals surface area contributed by atoms with E-state index < -0.39 is 76.8 Å². The maximum atomic E-state index is 13.0. The standard InChI is InChI=1S/C20H24N10O12P2/c21-19-25-15-13(17(31)27-19)23-5-29(15)11-1-7-9(39-11)3-37-44(35,36)42-8-2-12(40-10(8)4-38-43(33,34)41-7)30-6-24-14-16(30)26-20(22)28-18(14)32/h5-12H,1-4H2,(H,33,34)(H,35,36)(H3,21,25,27,31)(H3,22,26,28,32)/t7-,8-,9-,10+,11-,12-/m1/s1. The van der Waals surface area contributed by atoms with Crippen molar-refractivity contribution in [2.24, 2.45) is 0 Å². The Kier molecular flexibility index (Phi) is 6.97. The van der Waals surface area contributed by atoms with Crippen LogP contribution in [0.2, 0.25) is 0 Å². The van der Waals surface area contributed by atoms with Crippen LogP contribution in [0.15, 0.2) is 22.2 Å². The topological polar surface area (TPSA) is 309 Å². The molecule has 3 aliphatic heterocycles. The van der Waals surface area contributed by atoms with Crippen LogP contribution in [0, 0.1) is 0 Å². The molecule has 236 valence electrons. The number of imidazole rings is 2. The number of aromatic nitrogens is 8. The summed E-state index contributed by atoms with van der Waals surface area (Å²) in [6, 6.07) is 0. The van der Waals surface area contributed by atoms with Crippen molar-refractivity contribution in [3.05, 3.63) is 33.4 Å². The summed E-state index contributed by atoms with van der Waals surface area (Å²) in [6.07, 6.45) is -4.37. The minimum absolute atomic E-state index is 0.0325. The lowest BCUT2D eigenvalue weighted by Gasteiger charge is -2.26. The summed E-state index contributed by atoms with van der Waals surface area (Å²) >= 11 is 0. The summed E-state index contributed by atoms with van der Waals surface area (Å²) in [6.45, 7) is -1.23. The van der Waals surface area contributed by atoms with Gasteiger partial charge in [-0.2, -0.15) is 9.97 Å². The van der Waals surface area contributed by atoms with E-state index in [4.69, 9.17) is 39.0 Å². The summed E-state index contributed by atoms with van der Waals surface area (Å²) in [4.78, 5) is 66.4. The third kappa shape index (κ3) is 5.34. The molecule has 7 heterocycles. The van der Waals surface area contributed by atoms with Crippen LogP contribution in [0.3, 0.4) is 0 Å². The van der Waals surface area contributed by atoms with Gasteiger partial charge < -0.3 is 30.7 Å². The number of rotatable bonds is 2. The number of phosphoric acid groups is 2. The number of hydrogen-bond donors (Lipinski definition) is 6. The molecule has 0 spiro atoms. The van der Waals surface area contributed by atoms with Gasteiger partial charge in [-0.3, -0.25) is 46.8 Å². The lowest BCUT2D eigenvalue weighted by molar-refractivity contribution is -0.0661. The molecule has 0 saturated carbocycles. The molecule has 8 atom stereocenters. The molecular weight excluding hydrogens is 634 g/mol. The summed E-state index contributed by atoms with van der Waals surface area (Å²) in [5, 5.41) is 0. The first kappa shape index (κ1) is 29.2. The Hall–Kier alpha value is -3.56. The van der Waals surface area contributed by atoms with Crippen LogP contribution in [0.1, 0.15) is 25.3 Å². The first-order valence-corrected chi connectivity index (χ1v) is 15.9. The largest absolute Gasteiger partial charge is 0.472 e. The molecule has 22 nitrogen and oxygen atoms in total. The predicted octanol–water partition coefficient (Wildman–Crippen LogP) is -0.990. The van der Waals surface area contributed by atoms with E-state index in [0.717, 1.165) is 0 Å². The Morgan fingerprint density at radius 2 is 1.16 bits per heavy atom. The Morgan fingerprint density at radius 3 is 1.57 bits per heavy atom.